The highest BCUT2D eigenvalue weighted by Gasteiger charge is 2.53. The van der Waals surface area contributed by atoms with Gasteiger partial charge in [0.05, 0.1) is 38.6 Å². The minimum Gasteiger partial charge on any atom is -0.394 e. The van der Waals surface area contributed by atoms with Crippen molar-refractivity contribution in [2.45, 2.75) is 433 Å². The van der Waals surface area contributed by atoms with E-state index < -0.39 is 124 Å². The van der Waals surface area contributed by atoms with Gasteiger partial charge < -0.3 is 89.9 Å². The summed E-state index contributed by atoms with van der Waals surface area (Å²) in [5.41, 5.74) is 0. The Balaban J connectivity index is 1.39. The summed E-state index contributed by atoms with van der Waals surface area (Å²) in [4.78, 5) is 13.5. The smallest absolute Gasteiger partial charge is 0.220 e. The maximum absolute atomic E-state index is 13.5. The van der Waals surface area contributed by atoms with Crippen LogP contribution in [-0.4, -0.2) is 193 Å². The maximum Gasteiger partial charge on any atom is 0.220 e. The molecule has 0 aromatic carbocycles. The van der Waals surface area contributed by atoms with Gasteiger partial charge in [-0.2, -0.15) is 0 Å². The van der Waals surface area contributed by atoms with Crippen molar-refractivity contribution in [2.75, 3.05) is 26.4 Å². The highest BCUT2D eigenvalue weighted by atomic mass is 16.8. The summed E-state index contributed by atoms with van der Waals surface area (Å²) in [5, 5.41) is 121. The number of aliphatic hydroxyl groups excluding tert-OH is 11. The van der Waals surface area contributed by atoms with E-state index in [1.54, 1.807) is 6.08 Å². The predicted molar refractivity (Wildman–Crippen MR) is 370 cm³/mol. The molecule has 17 unspecified atom stereocenters. The number of carbonyl (C=O) groups excluding carboxylic acids is 1. The number of amides is 1. The molecule has 3 aliphatic rings. The Kier molecular flexibility index (Phi) is 52.8. The van der Waals surface area contributed by atoms with E-state index in [-0.39, 0.29) is 18.9 Å². The normalized spacial score (nSPS) is 27.4. The number of allylic oxidation sites excluding steroid dienone is 1. The fraction of sp³-hybridized carbons (Fsp3) is 0.960. The van der Waals surface area contributed by atoms with Gasteiger partial charge in [0.15, 0.2) is 18.9 Å². The van der Waals surface area contributed by atoms with Gasteiger partial charge in [0.2, 0.25) is 5.91 Å². The van der Waals surface area contributed by atoms with Crippen molar-refractivity contribution < 1.29 is 89.4 Å². The molecule has 3 heterocycles. The molecule has 3 rings (SSSR count). The Morgan fingerprint density at radius 3 is 1.00 bits per heavy atom. The monoisotopic (exact) mass is 1350 g/mol. The molecule has 3 aliphatic heterocycles. The number of carbonyl (C=O) groups is 1. The summed E-state index contributed by atoms with van der Waals surface area (Å²) in [5.74, 6) is -0.267. The molecule has 19 nitrogen and oxygen atoms in total. The lowest BCUT2D eigenvalue weighted by molar-refractivity contribution is -0.379. The largest absolute Gasteiger partial charge is 0.394 e. The van der Waals surface area contributed by atoms with Crippen molar-refractivity contribution in [1.82, 2.24) is 5.32 Å². The fourth-order valence-electron chi connectivity index (χ4n) is 13.5. The molecule has 0 aliphatic carbocycles. The predicted octanol–water partition coefficient (Wildman–Crippen LogP) is 12.0. The molecule has 0 radical (unpaired) electrons. The van der Waals surface area contributed by atoms with Crippen molar-refractivity contribution in [3.63, 3.8) is 0 Å². The summed E-state index contributed by atoms with van der Waals surface area (Å²) in [7, 11) is 0. The Bertz CT molecular complexity index is 1750. The molecule has 94 heavy (non-hydrogen) atoms. The number of unbranched alkanes of at least 4 members (excludes halogenated alkanes) is 46. The van der Waals surface area contributed by atoms with Gasteiger partial charge in [-0.1, -0.05) is 315 Å². The summed E-state index contributed by atoms with van der Waals surface area (Å²) in [6.07, 6.45) is 39.1. The van der Waals surface area contributed by atoms with Crippen LogP contribution in [0.2, 0.25) is 0 Å². The second kappa shape index (κ2) is 57.2. The third-order valence-electron chi connectivity index (χ3n) is 19.8. The average Bonchev–Trinajstić information content (AvgIpc) is 0.787. The third-order valence-corrected chi connectivity index (χ3v) is 19.8. The summed E-state index contributed by atoms with van der Waals surface area (Å²) < 4.78 is 34.4. The quantitative estimate of drug-likeness (QED) is 0.0199. The van der Waals surface area contributed by atoms with Crippen LogP contribution in [0.25, 0.3) is 0 Å². The van der Waals surface area contributed by atoms with Gasteiger partial charge in [-0.3, -0.25) is 4.79 Å². The zero-order chi connectivity index (χ0) is 68.2. The number of hydrogen-bond donors (Lipinski definition) is 12. The molecule has 17 atom stereocenters. The van der Waals surface area contributed by atoms with Gasteiger partial charge in [-0.05, 0) is 19.3 Å². The Morgan fingerprint density at radius 1 is 0.372 bits per heavy atom. The molecule has 0 bridgehead atoms. The Morgan fingerprint density at radius 2 is 0.660 bits per heavy atom. The zero-order valence-corrected chi connectivity index (χ0v) is 59.2. The van der Waals surface area contributed by atoms with E-state index in [0.717, 1.165) is 44.9 Å². The van der Waals surface area contributed by atoms with Crippen LogP contribution in [0.5, 0.6) is 0 Å². The van der Waals surface area contributed by atoms with E-state index in [1.165, 1.54) is 257 Å². The topological polar surface area (TPSA) is 307 Å². The summed E-state index contributed by atoms with van der Waals surface area (Å²) >= 11 is 0. The highest BCUT2D eigenvalue weighted by Crippen LogP contribution is 2.33. The standard InChI is InChI=1S/C75H143NO18/c1-3-5-7-9-11-13-15-17-19-21-23-25-27-28-29-31-33-35-37-39-41-43-45-47-49-51-53-63(81)76-58(59(80)52-50-48-46-44-42-40-38-36-34-32-30-26-24-22-20-18-16-14-12-10-8-6-4-2)57-89-73-69(87)66(84)71(61(55-78)91-73)94-75-70(88)67(85)72(62(56-79)92-75)93-74-68(86)65(83)64(82)60(54-77)90-74/h50,52,58-62,64-75,77-80,82-88H,3-49,51,53-57H2,1-2H3,(H,76,81)/b52-50+. The number of hydrogen-bond acceptors (Lipinski definition) is 18. The van der Waals surface area contributed by atoms with Crippen LogP contribution in [0.3, 0.4) is 0 Å². The van der Waals surface area contributed by atoms with Gasteiger partial charge in [0, 0.05) is 6.42 Å². The molecule has 19 heteroatoms. The summed E-state index contributed by atoms with van der Waals surface area (Å²) in [6.45, 7) is 1.80. The maximum atomic E-state index is 13.5. The van der Waals surface area contributed by atoms with Crippen LogP contribution < -0.4 is 5.32 Å². The van der Waals surface area contributed by atoms with Crippen LogP contribution in [-0.2, 0) is 33.2 Å². The number of nitrogens with one attached hydrogen (secondary N) is 1. The number of aliphatic hydroxyl groups is 11. The van der Waals surface area contributed by atoms with Crippen LogP contribution >= 0.6 is 0 Å². The minimum absolute atomic E-state index is 0.250. The molecule has 12 N–H and O–H groups in total. The first kappa shape index (κ1) is 86.8. The molecule has 1 amide bonds. The molecule has 556 valence electrons. The number of rotatable bonds is 62. The number of ether oxygens (including phenoxy) is 6. The van der Waals surface area contributed by atoms with E-state index in [4.69, 9.17) is 28.4 Å². The zero-order valence-electron chi connectivity index (χ0n) is 59.2. The molecule has 0 saturated carbocycles. The first-order valence-electron chi connectivity index (χ1n) is 38.9. The lowest BCUT2D eigenvalue weighted by Gasteiger charge is -2.48. The van der Waals surface area contributed by atoms with E-state index >= 15 is 0 Å². The molecule has 0 aromatic rings. The first-order valence-corrected chi connectivity index (χ1v) is 38.9. The summed E-state index contributed by atoms with van der Waals surface area (Å²) in [6, 6.07) is -0.970. The van der Waals surface area contributed by atoms with Crippen LogP contribution in [0.15, 0.2) is 12.2 Å². The molecular formula is C75H143NO18. The van der Waals surface area contributed by atoms with Crippen molar-refractivity contribution in [3.8, 4) is 0 Å². The second-order valence-electron chi connectivity index (χ2n) is 28.2. The lowest BCUT2D eigenvalue weighted by atomic mass is 9.96. The Labute approximate surface area is 569 Å². The van der Waals surface area contributed by atoms with Crippen LogP contribution in [0.1, 0.15) is 328 Å². The van der Waals surface area contributed by atoms with Crippen molar-refractivity contribution in [2.24, 2.45) is 0 Å². The van der Waals surface area contributed by atoms with E-state index in [0.29, 0.717) is 6.42 Å². The van der Waals surface area contributed by atoms with E-state index in [1.807, 2.05) is 6.08 Å². The molecule has 3 saturated heterocycles. The van der Waals surface area contributed by atoms with Gasteiger partial charge in [0.25, 0.3) is 0 Å². The van der Waals surface area contributed by atoms with Gasteiger partial charge in [-0.15, -0.1) is 0 Å². The fourth-order valence-corrected chi connectivity index (χ4v) is 13.5. The van der Waals surface area contributed by atoms with Crippen molar-refractivity contribution in [1.29, 1.82) is 0 Å². The molecule has 0 spiro atoms. The van der Waals surface area contributed by atoms with Gasteiger partial charge in [0.1, 0.15) is 73.2 Å². The molecule has 3 fully saturated rings. The average molecular weight is 1350 g/mol. The highest BCUT2D eigenvalue weighted by molar-refractivity contribution is 5.76. The van der Waals surface area contributed by atoms with Crippen LogP contribution in [0, 0.1) is 0 Å². The Hall–Kier alpha value is -1.47. The van der Waals surface area contributed by atoms with Crippen molar-refractivity contribution >= 4 is 5.91 Å². The first-order chi connectivity index (χ1) is 45.8. The molecular weight excluding hydrogens is 1200 g/mol. The lowest BCUT2D eigenvalue weighted by Crippen LogP contribution is -2.66. The molecule has 0 aromatic heterocycles. The van der Waals surface area contributed by atoms with Crippen LogP contribution in [0.4, 0.5) is 0 Å². The SMILES string of the molecule is CCCCCCCCCCCCCCCCCCCCCCC/C=C/C(O)C(COC1OC(CO)C(OC2OC(CO)C(OC3OC(CO)C(O)C(O)C3O)C(O)C2O)C(O)C1O)NC(=O)CCCCCCCCCCCCCCCCCCCCCCCCCCCC. The van der Waals surface area contributed by atoms with Gasteiger partial charge >= 0.3 is 0 Å². The van der Waals surface area contributed by atoms with E-state index in [2.05, 4.69) is 19.2 Å². The minimum atomic E-state index is -1.98. The second-order valence-corrected chi connectivity index (χ2v) is 28.2. The van der Waals surface area contributed by atoms with Gasteiger partial charge in [-0.25, -0.2) is 0 Å². The van der Waals surface area contributed by atoms with Crippen molar-refractivity contribution in [3.05, 3.63) is 12.2 Å². The third kappa shape index (κ3) is 37.8. The van der Waals surface area contributed by atoms with E-state index in [9.17, 15) is 61.0 Å².